The third-order valence-corrected chi connectivity index (χ3v) is 3.75. The summed E-state index contributed by atoms with van der Waals surface area (Å²) in [5.41, 5.74) is 0. The van der Waals surface area contributed by atoms with E-state index in [-0.39, 0.29) is 0 Å². The van der Waals surface area contributed by atoms with Crippen molar-refractivity contribution in [1.29, 1.82) is 0 Å². The van der Waals surface area contributed by atoms with Crippen molar-refractivity contribution in [2.75, 3.05) is 6.67 Å². The molecule has 0 saturated carbocycles. The Balaban J connectivity index is 2.55. The van der Waals surface area contributed by atoms with Gasteiger partial charge in [0.25, 0.3) is 0 Å². The smallest absolute Gasteiger partial charge is 0.436 e. The van der Waals surface area contributed by atoms with Crippen molar-refractivity contribution >= 4 is 23.9 Å². The molecular weight excluding hydrogens is 385 g/mol. The first kappa shape index (κ1) is 21.2. The Kier molecular flexibility index (Phi) is 6.62. The molecule has 1 aliphatic heterocycles. The van der Waals surface area contributed by atoms with Crippen LogP contribution < -0.4 is 0 Å². The first-order chi connectivity index (χ1) is 13.1. The minimum Gasteiger partial charge on any atom is -0.456 e. The van der Waals surface area contributed by atoms with Gasteiger partial charge in [-0.3, -0.25) is 14.4 Å². The number of carbonyl (C=O) groups excluding carboxylic acids is 3. The fraction of sp³-hybridized carbons (Fsp3) is 0.600. The normalized spacial score (nSPS) is 26.9. The Morgan fingerprint density at radius 2 is 1.68 bits per heavy atom. The van der Waals surface area contributed by atoms with Crippen molar-refractivity contribution in [3.05, 3.63) is 22.5 Å². The maximum atomic E-state index is 13.6. The average Bonchev–Trinajstić information content (AvgIpc) is 3.06. The highest BCUT2D eigenvalue weighted by Gasteiger charge is 2.54. The van der Waals surface area contributed by atoms with Crippen molar-refractivity contribution in [3.63, 3.8) is 0 Å². The predicted molar refractivity (Wildman–Crippen MR) is 85.4 cm³/mol. The summed E-state index contributed by atoms with van der Waals surface area (Å²) in [7, 11) is 0. The number of hydrogen-bond donors (Lipinski definition) is 0. The van der Waals surface area contributed by atoms with E-state index in [4.69, 9.17) is 18.9 Å². The van der Waals surface area contributed by atoms with Crippen LogP contribution in [0.25, 0.3) is 0 Å². The monoisotopic (exact) mass is 403 g/mol. The Morgan fingerprint density at radius 1 is 1.14 bits per heavy atom. The van der Waals surface area contributed by atoms with Crippen LogP contribution in [-0.4, -0.2) is 63.5 Å². The summed E-state index contributed by atoms with van der Waals surface area (Å²) in [6.45, 7) is 1.96. The van der Waals surface area contributed by atoms with Crippen molar-refractivity contribution in [3.8, 4) is 0 Å². The quantitative estimate of drug-likeness (QED) is 0.283. The summed E-state index contributed by atoms with van der Waals surface area (Å²) in [6.07, 6.45) is -5.08. The van der Waals surface area contributed by atoms with E-state index in [2.05, 4.69) is 4.98 Å². The van der Waals surface area contributed by atoms with Crippen LogP contribution >= 0.6 is 0 Å². The Morgan fingerprint density at radius 3 is 2.18 bits per heavy atom. The summed E-state index contributed by atoms with van der Waals surface area (Å²) in [5.74, 6) is -3.17. The second kappa shape index (κ2) is 8.73. The van der Waals surface area contributed by atoms with Gasteiger partial charge in [-0.25, -0.2) is 4.39 Å². The zero-order chi connectivity index (χ0) is 21.0. The second-order valence-corrected chi connectivity index (χ2v) is 5.83. The molecule has 154 valence electrons. The number of carbonyl (C=O) groups is 3. The molecule has 3 unspecified atom stereocenters. The highest BCUT2D eigenvalue weighted by Crippen LogP contribution is 2.36. The SMILES string of the molecule is CC(=O)OC1C(OC(C)=O)[C@H](n2ccnc2[N+](=O)[O-])OC(CF)[C@@H]1OC(C)=O. The standard InChI is InChI=1S/C15H18FN3O9/c1-7(20)25-11-10(6-16)28-14(18-5-4-17-15(18)19(23)24)13(27-9(3)22)12(11)26-8(2)21/h4-5,10-14H,6H2,1-3H3/t10?,11-,12?,13?,14+/m0/s1. The average molecular weight is 403 g/mol. The summed E-state index contributed by atoms with van der Waals surface area (Å²) >= 11 is 0. The van der Waals surface area contributed by atoms with Crippen LogP contribution in [0.2, 0.25) is 0 Å². The number of nitrogens with zero attached hydrogens (tertiary/aromatic N) is 3. The summed E-state index contributed by atoms with van der Waals surface area (Å²) in [6, 6.07) is 0. The lowest BCUT2D eigenvalue weighted by molar-refractivity contribution is -0.400. The molecule has 1 fully saturated rings. The number of nitro groups is 1. The summed E-state index contributed by atoms with van der Waals surface area (Å²) in [4.78, 5) is 48.6. The lowest BCUT2D eigenvalue weighted by Gasteiger charge is -2.42. The Bertz CT molecular complexity index is 768. The van der Waals surface area contributed by atoms with Crippen molar-refractivity contribution in [2.45, 2.75) is 51.4 Å². The fourth-order valence-electron chi connectivity index (χ4n) is 2.87. The fourth-order valence-corrected chi connectivity index (χ4v) is 2.87. The van der Waals surface area contributed by atoms with Gasteiger partial charge in [0.2, 0.25) is 12.3 Å². The molecular formula is C15H18FN3O9. The van der Waals surface area contributed by atoms with Gasteiger partial charge in [0, 0.05) is 20.8 Å². The second-order valence-electron chi connectivity index (χ2n) is 5.83. The highest BCUT2D eigenvalue weighted by molar-refractivity contribution is 5.68. The Hall–Kier alpha value is -3.09. The van der Waals surface area contributed by atoms with Gasteiger partial charge in [0.05, 0.1) is 0 Å². The number of aromatic nitrogens is 2. The van der Waals surface area contributed by atoms with E-state index < -0.39 is 66.1 Å². The number of esters is 3. The molecule has 0 aliphatic carbocycles. The molecule has 5 atom stereocenters. The van der Waals surface area contributed by atoms with E-state index in [1.54, 1.807) is 0 Å². The molecule has 1 aromatic heterocycles. The highest BCUT2D eigenvalue weighted by atomic mass is 19.1. The molecule has 0 N–H and O–H groups in total. The van der Waals surface area contributed by atoms with Crippen LogP contribution in [0.5, 0.6) is 0 Å². The van der Waals surface area contributed by atoms with Gasteiger partial charge in [-0.05, 0) is 4.92 Å². The van der Waals surface area contributed by atoms with Crippen molar-refractivity contribution in [1.82, 2.24) is 9.55 Å². The van der Waals surface area contributed by atoms with Crippen LogP contribution in [-0.2, 0) is 33.3 Å². The largest absolute Gasteiger partial charge is 0.456 e. The lowest BCUT2D eigenvalue weighted by atomic mass is 9.97. The molecule has 0 spiro atoms. The molecule has 1 aromatic rings. The molecule has 28 heavy (non-hydrogen) atoms. The number of ether oxygens (including phenoxy) is 4. The third-order valence-electron chi connectivity index (χ3n) is 3.75. The zero-order valence-electron chi connectivity index (χ0n) is 15.1. The van der Waals surface area contributed by atoms with Crippen LogP contribution in [0.4, 0.5) is 10.3 Å². The molecule has 0 radical (unpaired) electrons. The van der Waals surface area contributed by atoms with E-state index in [1.807, 2.05) is 0 Å². The van der Waals surface area contributed by atoms with Crippen molar-refractivity contribution in [2.24, 2.45) is 0 Å². The van der Waals surface area contributed by atoms with E-state index in [0.29, 0.717) is 0 Å². The predicted octanol–water partition coefficient (Wildman–Crippen LogP) is 0.453. The molecule has 0 bridgehead atoms. The van der Waals surface area contributed by atoms with Crippen LogP contribution in [0.15, 0.2) is 12.4 Å². The first-order valence-electron chi connectivity index (χ1n) is 8.06. The van der Waals surface area contributed by atoms with E-state index >= 15 is 0 Å². The van der Waals surface area contributed by atoms with Crippen molar-refractivity contribution < 1.29 is 42.6 Å². The maximum absolute atomic E-state index is 13.6. The van der Waals surface area contributed by atoms with Gasteiger partial charge in [0.1, 0.15) is 25.2 Å². The van der Waals surface area contributed by atoms with Gasteiger partial charge < -0.3 is 29.1 Å². The molecule has 12 nitrogen and oxygen atoms in total. The van der Waals surface area contributed by atoms with E-state index in [1.165, 1.54) is 0 Å². The van der Waals surface area contributed by atoms with E-state index in [9.17, 15) is 28.9 Å². The molecule has 13 heteroatoms. The topological polar surface area (TPSA) is 149 Å². The van der Waals surface area contributed by atoms with E-state index in [0.717, 1.165) is 37.7 Å². The number of alkyl halides is 1. The molecule has 0 amide bonds. The minimum absolute atomic E-state index is 0.674. The molecule has 2 rings (SSSR count). The molecule has 0 aromatic carbocycles. The van der Waals surface area contributed by atoms with Gasteiger partial charge in [0.15, 0.2) is 12.2 Å². The number of rotatable bonds is 6. The molecule has 1 saturated heterocycles. The molecule has 2 heterocycles. The minimum atomic E-state index is -1.48. The summed E-state index contributed by atoms with van der Waals surface area (Å²) in [5, 5.41) is 11.2. The first-order valence-corrected chi connectivity index (χ1v) is 8.06. The van der Waals surface area contributed by atoms with Gasteiger partial charge >= 0.3 is 23.9 Å². The number of hydrogen-bond acceptors (Lipinski definition) is 10. The van der Waals surface area contributed by atoms with Gasteiger partial charge in [-0.15, -0.1) is 0 Å². The van der Waals surface area contributed by atoms with Crippen LogP contribution in [0.1, 0.15) is 27.0 Å². The van der Waals surface area contributed by atoms with Crippen LogP contribution in [0, 0.1) is 10.1 Å². The van der Waals surface area contributed by atoms with Crippen LogP contribution in [0.3, 0.4) is 0 Å². The lowest BCUT2D eigenvalue weighted by Crippen LogP contribution is -2.60. The Labute approximate surface area is 157 Å². The number of halogens is 1. The number of imidazole rings is 1. The van der Waals surface area contributed by atoms with Gasteiger partial charge in [-0.2, -0.15) is 4.57 Å². The maximum Gasteiger partial charge on any atom is 0.436 e. The zero-order valence-corrected chi connectivity index (χ0v) is 15.1. The third kappa shape index (κ3) is 4.60. The summed E-state index contributed by atoms with van der Waals surface area (Å²) < 4.78 is 35.4. The molecule has 1 aliphatic rings. The van der Waals surface area contributed by atoms with Gasteiger partial charge in [-0.1, -0.05) is 4.98 Å².